The number of hydrogen-bond acceptors (Lipinski definition) is 3. The van der Waals surface area contributed by atoms with Gasteiger partial charge in [-0.3, -0.25) is 9.59 Å². The number of ketones is 1. The summed E-state index contributed by atoms with van der Waals surface area (Å²) in [4.78, 5) is 21.2. The standard InChI is InChI=1S/C16H26F6N2O2/c17-15(18,19)13(25)9-6-4-2-1-3-5-7-10-23-11-8-12-24-14(26)16(20,21)22/h23H,1-12H2,(H,24,26). The van der Waals surface area contributed by atoms with E-state index in [0.29, 0.717) is 25.9 Å². The minimum Gasteiger partial charge on any atom is -0.348 e. The van der Waals surface area contributed by atoms with E-state index in [4.69, 9.17) is 0 Å². The summed E-state index contributed by atoms with van der Waals surface area (Å²) in [6.45, 7) is 1.18. The predicted molar refractivity (Wildman–Crippen MR) is 84.5 cm³/mol. The van der Waals surface area contributed by atoms with Gasteiger partial charge in [0.2, 0.25) is 5.78 Å². The Labute approximate surface area is 149 Å². The van der Waals surface area contributed by atoms with Crippen LogP contribution in [0.2, 0.25) is 0 Å². The number of alkyl halides is 6. The zero-order valence-electron chi connectivity index (χ0n) is 14.6. The molecule has 0 unspecified atom stereocenters. The Morgan fingerprint density at radius 3 is 1.65 bits per heavy atom. The van der Waals surface area contributed by atoms with Crippen LogP contribution in [0.3, 0.4) is 0 Å². The van der Waals surface area contributed by atoms with Crippen molar-refractivity contribution < 1.29 is 35.9 Å². The number of halogens is 6. The lowest BCUT2D eigenvalue weighted by atomic mass is 10.1. The average Bonchev–Trinajstić information content (AvgIpc) is 2.52. The first-order valence-electron chi connectivity index (χ1n) is 8.71. The van der Waals surface area contributed by atoms with Gasteiger partial charge in [0.1, 0.15) is 0 Å². The van der Waals surface area contributed by atoms with Crippen LogP contribution in [0, 0.1) is 0 Å². The Kier molecular flexibility index (Phi) is 12.3. The molecule has 0 heterocycles. The van der Waals surface area contributed by atoms with E-state index in [0.717, 1.165) is 32.1 Å². The van der Waals surface area contributed by atoms with Crippen molar-refractivity contribution in [3.8, 4) is 0 Å². The fourth-order valence-corrected chi connectivity index (χ4v) is 2.20. The molecule has 0 aliphatic heterocycles. The van der Waals surface area contributed by atoms with Gasteiger partial charge in [0, 0.05) is 13.0 Å². The van der Waals surface area contributed by atoms with Crippen molar-refractivity contribution in [1.29, 1.82) is 0 Å². The van der Waals surface area contributed by atoms with Crippen LogP contribution in [0.5, 0.6) is 0 Å². The number of carbonyl (C=O) groups excluding carboxylic acids is 2. The number of hydrogen-bond donors (Lipinski definition) is 2. The van der Waals surface area contributed by atoms with Crippen LogP contribution >= 0.6 is 0 Å². The molecule has 1 amide bonds. The number of Topliss-reactive ketones (excluding diaryl/α,β-unsaturated/α-hetero) is 1. The Morgan fingerprint density at radius 2 is 1.12 bits per heavy atom. The van der Waals surface area contributed by atoms with E-state index in [1.165, 1.54) is 0 Å². The van der Waals surface area contributed by atoms with E-state index >= 15 is 0 Å². The molecule has 4 nitrogen and oxygen atoms in total. The van der Waals surface area contributed by atoms with Crippen molar-refractivity contribution in [3.05, 3.63) is 0 Å². The smallest absolute Gasteiger partial charge is 0.348 e. The number of nitrogens with one attached hydrogen (secondary N) is 2. The molecule has 0 spiro atoms. The molecule has 0 aliphatic carbocycles. The molecule has 0 bridgehead atoms. The molecule has 0 aliphatic rings. The molecule has 0 saturated carbocycles. The first-order valence-corrected chi connectivity index (χ1v) is 8.71. The summed E-state index contributed by atoms with van der Waals surface area (Å²) in [5.74, 6) is -3.60. The summed E-state index contributed by atoms with van der Waals surface area (Å²) in [5, 5.41) is 4.84. The maximum absolute atomic E-state index is 12.0. The van der Waals surface area contributed by atoms with Crippen LogP contribution in [-0.4, -0.2) is 43.7 Å². The lowest BCUT2D eigenvalue weighted by Crippen LogP contribution is -2.38. The van der Waals surface area contributed by atoms with Gasteiger partial charge in [0.05, 0.1) is 0 Å². The van der Waals surface area contributed by atoms with E-state index in [-0.39, 0.29) is 13.0 Å². The second-order valence-corrected chi connectivity index (χ2v) is 6.00. The molecule has 0 rings (SSSR count). The molecule has 0 aromatic rings. The van der Waals surface area contributed by atoms with Gasteiger partial charge in [-0.2, -0.15) is 26.3 Å². The fraction of sp³-hybridized carbons (Fsp3) is 0.875. The third kappa shape index (κ3) is 13.9. The quantitative estimate of drug-likeness (QED) is 0.348. The molecular formula is C16H26F6N2O2. The number of rotatable bonds is 14. The van der Waals surface area contributed by atoms with Gasteiger partial charge in [0.25, 0.3) is 0 Å². The normalized spacial score (nSPS) is 12.2. The second kappa shape index (κ2) is 12.9. The first kappa shape index (κ1) is 24.7. The summed E-state index contributed by atoms with van der Waals surface area (Å²) in [6.07, 6.45) is -4.31. The highest BCUT2D eigenvalue weighted by atomic mass is 19.4. The van der Waals surface area contributed by atoms with E-state index in [9.17, 15) is 35.9 Å². The first-order chi connectivity index (χ1) is 12.0. The molecule has 0 fully saturated rings. The number of amides is 1. The molecule has 0 radical (unpaired) electrons. The Morgan fingerprint density at radius 1 is 0.615 bits per heavy atom. The SMILES string of the molecule is O=C(CCCCCCCCCNCCCNC(=O)C(F)(F)F)C(F)(F)F. The van der Waals surface area contributed by atoms with Crippen molar-refractivity contribution in [2.45, 2.75) is 70.1 Å². The van der Waals surface area contributed by atoms with Gasteiger partial charge in [0.15, 0.2) is 0 Å². The van der Waals surface area contributed by atoms with Gasteiger partial charge in [-0.1, -0.05) is 32.1 Å². The molecular weight excluding hydrogens is 366 g/mol. The number of unbranched alkanes of at least 4 members (excludes halogenated alkanes) is 6. The van der Waals surface area contributed by atoms with Crippen LogP contribution in [0.1, 0.15) is 57.8 Å². The zero-order chi connectivity index (χ0) is 20.1. The van der Waals surface area contributed by atoms with Crippen LogP contribution in [0.4, 0.5) is 26.3 Å². The summed E-state index contributed by atoms with van der Waals surface area (Å²) in [6, 6.07) is 0. The fourth-order valence-electron chi connectivity index (χ4n) is 2.20. The third-order valence-corrected chi connectivity index (χ3v) is 3.65. The summed E-state index contributed by atoms with van der Waals surface area (Å²) in [7, 11) is 0. The minimum atomic E-state index is -4.85. The lowest BCUT2D eigenvalue weighted by Gasteiger charge is -2.08. The second-order valence-electron chi connectivity index (χ2n) is 6.00. The van der Waals surface area contributed by atoms with Crippen molar-refractivity contribution in [2.24, 2.45) is 0 Å². The molecule has 2 N–H and O–H groups in total. The van der Waals surface area contributed by atoms with Gasteiger partial charge in [-0.15, -0.1) is 0 Å². The minimum absolute atomic E-state index is 0.0395. The summed E-state index contributed by atoms with van der Waals surface area (Å²) in [5.41, 5.74) is 0. The van der Waals surface area contributed by atoms with E-state index in [1.807, 2.05) is 0 Å². The predicted octanol–water partition coefficient (Wildman–Crippen LogP) is 3.90. The van der Waals surface area contributed by atoms with Crippen molar-refractivity contribution in [3.63, 3.8) is 0 Å². The highest BCUT2D eigenvalue weighted by molar-refractivity contribution is 5.83. The highest BCUT2D eigenvalue weighted by Gasteiger charge is 2.38. The maximum atomic E-state index is 12.0. The summed E-state index contributed by atoms with van der Waals surface area (Å²) >= 11 is 0. The molecule has 10 heteroatoms. The van der Waals surface area contributed by atoms with Crippen LogP contribution in [-0.2, 0) is 9.59 Å². The largest absolute Gasteiger partial charge is 0.471 e. The van der Waals surface area contributed by atoms with Gasteiger partial charge in [-0.25, -0.2) is 0 Å². The Balaban J connectivity index is 3.28. The van der Waals surface area contributed by atoms with Crippen LogP contribution in [0.15, 0.2) is 0 Å². The van der Waals surface area contributed by atoms with Crippen molar-refractivity contribution >= 4 is 11.7 Å². The summed E-state index contributed by atoms with van der Waals surface area (Å²) < 4.78 is 71.5. The van der Waals surface area contributed by atoms with Crippen molar-refractivity contribution in [2.75, 3.05) is 19.6 Å². The van der Waals surface area contributed by atoms with Gasteiger partial charge in [-0.05, 0) is 32.4 Å². The molecule has 154 valence electrons. The third-order valence-electron chi connectivity index (χ3n) is 3.65. The van der Waals surface area contributed by atoms with Crippen LogP contribution < -0.4 is 10.6 Å². The van der Waals surface area contributed by atoms with Crippen molar-refractivity contribution in [1.82, 2.24) is 10.6 Å². The molecule has 0 saturated heterocycles. The Bertz CT molecular complexity index is 373. The molecule has 26 heavy (non-hydrogen) atoms. The Hall–Kier alpha value is -1.32. The maximum Gasteiger partial charge on any atom is 0.471 e. The number of carbonyl (C=O) groups is 2. The molecule has 0 aromatic carbocycles. The highest BCUT2D eigenvalue weighted by Crippen LogP contribution is 2.20. The van der Waals surface area contributed by atoms with Crippen LogP contribution in [0.25, 0.3) is 0 Å². The topological polar surface area (TPSA) is 58.2 Å². The van der Waals surface area contributed by atoms with E-state index < -0.39 is 30.5 Å². The molecule has 0 atom stereocenters. The van der Waals surface area contributed by atoms with E-state index in [1.54, 1.807) is 5.32 Å². The average molecular weight is 392 g/mol. The lowest BCUT2D eigenvalue weighted by molar-refractivity contribution is -0.173. The molecule has 0 aromatic heterocycles. The van der Waals surface area contributed by atoms with E-state index in [2.05, 4.69) is 5.32 Å². The monoisotopic (exact) mass is 392 g/mol. The zero-order valence-corrected chi connectivity index (χ0v) is 14.6. The van der Waals surface area contributed by atoms with Gasteiger partial charge >= 0.3 is 18.3 Å². The van der Waals surface area contributed by atoms with Gasteiger partial charge < -0.3 is 10.6 Å².